The minimum absolute atomic E-state index is 0.0176. The molecule has 0 bridgehead atoms. The van der Waals surface area contributed by atoms with Crippen LogP contribution in [0.4, 0.5) is 5.00 Å². The van der Waals surface area contributed by atoms with Gasteiger partial charge in [-0.25, -0.2) is 4.79 Å². The molecule has 1 fully saturated rings. The van der Waals surface area contributed by atoms with E-state index in [1.165, 1.54) is 58.2 Å². The second-order valence-corrected chi connectivity index (χ2v) is 11.3. The topological polar surface area (TPSA) is 160 Å². The molecule has 4 heterocycles. The third kappa shape index (κ3) is 4.71. The average Bonchev–Trinajstić information content (AvgIpc) is 3.40. The number of thioether (sulfide) groups is 2. The molecule has 2 atom stereocenters. The van der Waals surface area contributed by atoms with Crippen molar-refractivity contribution < 1.29 is 24.3 Å². The number of aliphatic carboxylic acids is 1. The Morgan fingerprint density at radius 3 is 2.85 bits per heavy atom. The van der Waals surface area contributed by atoms with Gasteiger partial charge in [-0.3, -0.25) is 14.5 Å². The van der Waals surface area contributed by atoms with Crippen molar-refractivity contribution in [3.8, 4) is 0 Å². The number of hydrogen-bond donors (Lipinski definition) is 3. The number of carbonyl (C=O) groups excluding carboxylic acids is 2. The number of oxime groups is 1. The molecule has 2 amide bonds. The van der Waals surface area contributed by atoms with Crippen LogP contribution in [0.25, 0.3) is 0 Å². The van der Waals surface area contributed by atoms with Gasteiger partial charge >= 0.3 is 5.97 Å². The number of anilines is 1. The van der Waals surface area contributed by atoms with Gasteiger partial charge < -0.3 is 21.0 Å². The first kappa shape index (κ1) is 23.5. The molecule has 0 spiro atoms. The van der Waals surface area contributed by atoms with Gasteiger partial charge in [0.05, 0.1) is 5.00 Å². The van der Waals surface area contributed by atoms with Gasteiger partial charge in [0, 0.05) is 22.4 Å². The van der Waals surface area contributed by atoms with Crippen molar-refractivity contribution in [3.05, 3.63) is 33.3 Å². The number of nitrogen functional groups attached to an aromatic ring is 1. The van der Waals surface area contributed by atoms with E-state index in [1.54, 1.807) is 11.4 Å². The lowest BCUT2D eigenvalue weighted by atomic mass is 10.0. The molecular weight excluding hydrogens is 509 g/mol. The van der Waals surface area contributed by atoms with E-state index in [1.807, 2.05) is 6.92 Å². The predicted molar refractivity (Wildman–Crippen MR) is 127 cm³/mol. The van der Waals surface area contributed by atoms with E-state index in [2.05, 4.69) is 20.7 Å². The summed E-state index contributed by atoms with van der Waals surface area (Å²) in [7, 11) is 1.31. The van der Waals surface area contributed by atoms with E-state index in [4.69, 9.17) is 10.6 Å². The molecule has 1 saturated heterocycles. The number of nitrogens with zero attached hydrogens (tertiary/aromatic N) is 4. The number of nitrogens with one attached hydrogen (secondary N) is 1. The molecular formula is C18H18N6O5S4. The molecule has 0 aromatic carbocycles. The molecule has 0 aliphatic carbocycles. The second-order valence-electron chi connectivity index (χ2n) is 6.85. The number of rotatable bonds is 8. The Bertz CT molecular complexity index is 1170. The molecule has 11 nitrogen and oxygen atoms in total. The Kier molecular flexibility index (Phi) is 6.92. The second kappa shape index (κ2) is 9.70. The van der Waals surface area contributed by atoms with Crippen LogP contribution in [0, 0.1) is 6.92 Å². The van der Waals surface area contributed by atoms with Crippen LogP contribution in [-0.2, 0) is 19.2 Å². The maximum Gasteiger partial charge on any atom is 0.352 e. The summed E-state index contributed by atoms with van der Waals surface area (Å²) in [4.78, 5) is 43.7. The standard InChI is InChI=1S/C18H18N6O5S4/c1-7-21-22-18(33-7)32-6-9-5-31-16-12(15(26)24(16)13(9)17(27)28)20-14(25)11(23-29-2)8-3-10(19)30-4-8/h3-4,12,16H,5-6,19H2,1-2H3,(H,20,25)(H,27,28)/b23-11-/t12-,16-/m1/s1. The first-order valence-corrected chi connectivity index (χ1v) is 13.1. The average molecular weight is 527 g/mol. The number of aryl methyl sites for hydroxylation is 1. The Morgan fingerprint density at radius 2 is 2.24 bits per heavy atom. The summed E-state index contributed by atoms with van der Waals surface area (Å²) in [6.07, 6.45) is 0. The zero-order chi connectivity index (χ0) is 23.7. The molecule has 0 unspecified atom stereocenters. The number of hydrogen-bond acceptors (Lipinski definition) is 12. The minimum atomic E-state index is -1.18. The van der Waals surface area contributed by atoms with Crippen molar-refractivity contribution in [2.45, 2.75) is 22.7 Å². The molecule has 2 aliphatic heterocycles. The number of carboxylic acid groups (broad SMARTS) is 1. The van der Waals surface area contributed by atoms with Crippen LogP contribution < -0.4 is 11.1 Å². The fourth-order valence-corrected chi connectivity index (χ4v) is 7.22. The number of carboxylic acids is 1. The van der Waals surface area contributed by atoms with Crippen molar-refractivity contribution in [2.24, 2.45) is 5.16 Å². The van der Waals surface area contributed by atoms with Gasteiger partial charge in [-0.1, -0.05) is 28.3 Å². The Labute approximate surface area is 204 Å². The Hall–Kier alpha value is -2.62. The van der Waals surface area contributed by atoms with Crippen molar-refractivity contribution >= 4 is 74.7 Å². The third-order valence-electron chi connectivity index (χ3n) is 4.70. The van der Waals surface area contributed by atoms with Crippen LogP contribution in [0.5, 0.6) is 0 Å². The fourth-order valence-electron chi connectivity index (χ4n) is 3.28. The van der Waals surface area contributed by atoms with Crippen LogP contribution in [-0.4, -0.2) is 73.7 Å². The van der Waals surface area contributed by atoms with Crippen molar-refractivity contribution in [2.75, 3.05) is 24.3 Å². The predicted octanol–water partition coefficient (Wildman–Crippen LogP) is 1.37. The van der Waals surface area contributed by atoms with Gasteiger partial charge in [0.25, 0.3) is 11.8 Å². The molecule has 0 radical (unpaired) electrons. The molecule has 0 saturated carbocycles. The summed E-state index contributed by atoms with van der Waals surface area (Å²) in [5, 5.41) is 26.7. The van der Waals surface area contributed by atoms with Crippen LogP contribution in [0.3, 0.4) is 0 Å². The van der Waals surface area contributed by atoms with Crippen molar-refractivity contribution in [1.82, 2.24) is 20.4 Å². The number of thiophene rings is 1. The lowest BCUT2D eigenvalue weighted by Gasteiger charge is -2.49. The largest absolute Gasteiger partial charge is 0.477 e. The van der Waals surface area contributed by atoms with Gasteiger partial charge in [0.15, 0.2) is 10.1 Å². The van der Waals surface area contributed by atoms with Crippen LogP contribution in [0.15, 0.2) is 32.2 Å². The molecule has 2 aromatic heterocycles. The highest BCUT2D eigenvalue weighted by molar-refractivity contribution is 8.01. The number of amides is 2. The van der Waals surface area contributed by atoms with E-state index in [9.17, 15) is 19.5 Å². The van der Waals surface area contributed by atoms with Crippen molar-refractivity contribution in [1.29, 1.82) is 0 Å². The van der Waals surface area contributed by atoms with E-state index >= 15 is 0 Å². The lowest BCUT2D eigenvalue weighted by molar-refractivity contribution is -0.150. The van der Waals surface area contributed by atoms with Gasteiger partial charge in [-0.2, -0.15) is 0 Å². The normalized spacial score (nSPS) is 20.4. The highest BCUT2D eigenvalue weighted by Crippen LogP contribution is 2.41. The maximum atomic E-state index is 12.9. The van der Waals surface area contributed by atoms with Gasteiger partial charge in [0.2, 0.25) is 0 Å². The summed E-state index contributed by atoms with van der Waals surface area (Å²) >= 11 is 5.44. The van der Waals surface area contributed by atoms with Crippen molar-refractivity contribution in [3.63, 3.8) is 0 Å². The van der Waals surface area contributed by atoms with E-state index in [0.29, 0.717) is 27.6 Å². The number of aromatic nitrogens is 2. The highest BCUT2D eigenvalue weighted by Gasteiger charge is 2.54. The van der Waals surface area contributed by atoms with Gasteiger partial charge in [-0.15, -0.1) is 33.3 Å². The summed E-state index contributed by atoms with van der Waals surface area (Å²) in [6.45, 7) is 1.84. The molecule has 2 aliphatic rings. The molecule has 4 rings (SSSR count). The zero-order valence-electron chi connectivity index (χ0n) is 17.3. The summed E-state index contributed by atoms with van der Waals surface area (Å²) < 4.78 is 0.732. The number of nitrogens with two attached hydrogens (primary N) is 1. The highest BCUT2D eigenvalue weighted by atomic mass is 32.2. The smallest absolute Gasteiger partial charge is 0.352 e. The Morgan fingerprint density at radius 1 is 1.45 bits per heavy atom. The SMILES string of the molecule is CO/N=C(\C(=O)N[C@@H]1C(=O)N2C(C(=O)O)=C(CSc3nnc(C)s3)CS[C@H]12)c1csc(N)c1. The quantitative estimate of drug-likeness (QED) is 0.198. The zero-order valence-corrected chi connectivity index (χ0v) is 20.6. The maximum absolute atomic E-state index is 12.9. The number of carbonyl (C=O) groups is 3. The lowest BCUT2D eigenvalue weighted by Crippen LogP contribution is -2.71. The van der Waals surface area contributed by atoms with Gasteiger partial charge in [0.1, 0.15) is 29.2 Å². The van der Waals surface area contributed by atoms with Crippen LogP contribution in [0.2, 0.25) is 0 Å². The summed E-state index contributed by atoms with van der Waals surface area (Å²) in [6, 6.07) is 0.705. The summed E-state index contributed by atoms with van der Waals surface area (Å²) in [5.74, 6) is -1.50. The van der Waals surface area contributed by atoms with E-state index in [0.717, 1.165) is 9.35 Å². The molecule has 33 heavy (non-hydrogen) atoms. The minimum Gasteiger partial charge on any atom is -0.477 e. The number of fused-ring (bicyclic) bond motifs is 1. The molecule has 174 valence electrons. The Balaban J connectivity index is 1.49. The van der Waals surface area contributed by atoms with Crippen LogP contribution in [0.1, 0.15) is 10.6 Å². The van der Waals surface area contributed by atoms with E-state index in [-0.39, 0.29) is 11.4 Å². The molecule has 4 N–H and O–H groups in total. The number of β-lactam (4-membered cyclic amide) rings is 1. The molecule has 2 aromatic rings. The first-order valence-electron chi connectivity index (χ1n) is 9.39. The molecule has 15 heteroatoms. The third-order valence-corrected chi connectivity index (χ3v) is 8.86. The summed E-state index contributed by atoms with van der Waals surface area (Å²) in [5.41, 5.74) is 6.77. The van der Waals surface area contributed by atoms with E-state index < -0.39 is 29.2 Å². The fraction of sp³-hybridized carbons (Fsp3) is 0.333. The van der Waals surface area contributed by atoms with Crippen LogP contribution >= 0.6 is 46.2 Å². The van der Waals surface area contributed by atoms with Gasteiger partial charge in [-0.05, 0) is 18.6 Å². The first-order chi connectivity index (χ1) is 15.8. The monoisotopic (exact) mass is 526 g/mol.